The maximum atomic E-state index is 10.1. The van der Waals surface area contributed by atoms with Gasteiger partial charge in [0.1, 0.15) is 18.4 Å². The van der Waals surface area contributed by atoms with Gasteiger partial charge in [0.05, 0.1) is 48.4 Å². The number of hydrogen-bond acceptors (Lipinski definition) is 9. The molecule has 0 unspecified atom stereocenters. The average molecular weight is 494 g/mol. The summed E-state index contributed by atoms with van der Waals surface area (Å²) in [4.78, 5) is 7.83. The van der Waals surface area contributed by atoms with E-state index in [1.807, 2.05) is 29.3 Å². The first-order valence-corrected chi connectivity index (χ1v) is 12.2. The van der Waals surface area contributed by atoms with Gasteiger partial charge < -0.3 is 14.6 Å². The van der Waals surface area contributed by atoms with E-state index in [0.29, 0.717) is 22.0 Å². The van der Waals surface area contributed by atoms with Crippen molar-refractivity contribution in [1.82, 2.24) is 29.3 Å². The summed E-state index contributed by atoms with van der Waals surface area (Å²) in [6.45, 7) is 6.22. The lowest BCUT2D eigenvalue weighted by Crippen LogP contribution is -2.27. The summed E-state index contributed by atoms with van der Waals surface area (Å²) in [5, 5.41) is 29.3. The Morgan fingerprint density at radius 2 is 2.11 bits per heavy atom. The predicted molar refractivity (Wildman–Crippen MR) is 131 cm³/mol. The van der Waals surface area contributed by atoms with E-state index in [4.69, 9.17) is 9.47 Å². The lowest BCUT2D eigenvalue weighted by atomic mass is 10.1. The van der Waals surface area contributed by atoms with Crippen molar-refractivity contribution in [3.05, 3.63) is 47.5 Å². The molecule has 182 valence electrons. The van der Waals surface area contributed by atoms with E-state index in [0.717, 1.165) is 37.2 Å². The normalized spacial score (nSPS) is 16.6. The molecule has 0 saturated carbocycles. The fourth-order valence-electron chi connectivity index (χ4n) is 4.26. The summed E-state index contributed by atoms with van der Waals surface area (Å²) < 4.78 is 14.7. The van der Waals surface area contributed by atoms with Crippen molar-refractivity contribution in [2.45, 2.75) is 38.5 Å². The first-order chi connectivity index (χ1) is 16.8. The van der Waals surface area contributed by atoms with Gasteiger partial charge >= 0.3 is 0 Å². The molecule has 0 aromatic carbocycles. The standard InChI is InChI=1S/C24H27N7O3S/c1-24(2,32)15-34-19-6-21(22-16(7-25)8-28-31(22)13-19)17-9-27-30(11-17)18-4-5-29(12-18)14-20-10-26-23(33-3)35-20/h6,8-11,13,18,32H,4-5,12,14-15H2,1-3H3/t18-/m1/s1. The number of methoxy groups -OCH3 is 1. The van der Waals surface area contributed by atoms with Crippen LogP contribution in [-0.2, 0) is 6.54 Å². The Hall–Kier alpha value is -3.46. The number of aromatic nitrogens is 5. The lowest BCUT2D eigenvalue weighted by Gasteiger charge is -2.18. The predicted octanol–water partition coefficient (Wildman–Crippen LogP) is 3.13. The second kappa shape index (κ2) is 9.30. The van der Waals surface area contributed by atoms with Gasteiger partial charge in [-0.1, -0.05) is 11.3 Å². The summed E-state index contributed by atoms with van der Waals surface area (Å²) in [5.41, 5.74) is 1.90. The number of nitrogens with zero attached hydrogens (tertiary/aromatic N) is 7. The Labute approximate surface area is 207 Å². The van der Waals surface area contributed by atoms with Crippen LogP contribution in [0.3, 0.4) is 0 Å². The van der Waals surface area contributed by atoms with E-state index in [1.54, 1.807) is 49.2 Å². The summed E-state index contributed by atoms with van der Waals surface area (Å²) in [5.74, 6) is 0.557. The molecule has 35 heavy (non-hydrogen) atoms. The number of rotatable bonds is 8. The highest BCUT2D eigenvalue weighted by molar-refractivity contribution is 7.13. The third-order valence-electron chi connectivity index (χ3n) is 5.92. The van der Waals surface area contributed by atoms with Crippen LogP contribution in [0, 0.1) is 11.3 Å². The number of likely N-dealkylation sites (tertiary alicyclic amines) is 1. The van der Waals surface area contributed by atoms with E-state index in [-0.39, 0.29) is 12.6 Å². The highest BCUT2D eigenvalue weighted by atomic mass is 32.1. The fourth-order valence-corrected chi connectivity index (χ4v) is 5.03. The van der Waals surface area contributed by atoms with Gasteiger partial charge in [-0.15, -0.1) is 0 Å². The van der Waals surface area contributed by atoms with Crippen molar-refractivity contribution in [3.63, 3.8) is 0 Å². The van der Waals surface area contributed by atoms with Crippen molar-refractivity contribution in [1.29, 1.82) is 5.26 Å². The highest BCUT2D eigenvalue weighted by Crippen LogP contribution is 2.33. The molecule has 4 aromatic heterocycles. The van der Waals surface area contributed by atoms with Crippen LogP contribution in [0.5, 0.6) is 10.9 Å². The zero-order chi connectivity index (χ0) is 24.6. The molecule has 0 amide bonds. The third-order valence-corrected chi connectivity index (χ3v) is 6.86. The minimum Gasteiger partial charge on any atom is -0.489 e. The van der Waals surface area contributed by atoms with Crippen LogP contribution in [0.15, 0.2) is 37.1 Å². The largest absolute Gasteiger partial charge is 0.489 e. The molecule has 1 aliphatic heterocycles. The van der Waals surface area contributed by atoms with Crippen molar-refractivity contribution < 1.29 is 14.6 Å². The molecule has 5 rings (SSSR count). The van der Waals surface area contributed by atoms with Crippen LogP contribution in [-0.4, -0.2) is 66.8 Å². The van der Waals surface area contributed by atoms with Crippen LogP contribution in [0.25, 0.3) is 16.6 Å². The van der Waals surface area contributed by atoms with Gasteiger partial charge in [-0.25, -0.2) is 9.50 Å². The Morgan fingerprint density at radius 1 is 1.26 bits per heavy atom. The first-order valence-electron chi connectivity index (χ1n) is 11.4. The molecule has 1 atom stereocenters. The molecule has 10 nitrogen and oxygen atoms in total. The van der Waals surface area contributed by atoms with E-state index in [1.165, 1.54) is 4.88 Å². The van der Waals surface area contributed by atoms with E-state index in [9.17, 15) is 10.4 Å². The number of pyridine rings is 1. The van der Waals surface area contributed by atoms with Gasteiger partial charge in [0.15, 0.2) is 0 Å². The van der Waals surface area contributed by atoms with Crippen molar-refractivity contribution in [2.75, 3.05) is 26.8 Å². The maximum absolute atomic E-state index is 10.1. The van der Waals surface area contributed by atoms with Crippen LogP contribution in [0.1, 0.15) is 36.8 Å². The molecule has 1 saturated heterocycles. The lowest BCUT2D eigenvalue weighted by molar-refractivity contribution is 0.0283. The monoisotopic (exact) mass is 493 g/mol. The molecule has 0 bridgehead atoms. The second-order valence-electron chi connectivity index (χ2n) is 9.34. The molecule has 5 heterocycles. The molecule has 1 N–H and O–H groups in total. The topological polar surface area (TPSA) is 114 Å². The number of nitriles is 1. The Kier molecular flexibility index (Phi) is 6.19. The summed E-state index contributed by atoms with van der Waals surface area (Å²) in [6, 6.07) is 4.35. The van der Waals surface area contributed by atoms with Crippen molar-refractivity contribution in [3.8, 4) is 28.1 Å². The van der Waals surface area contributed by atoms with E-state index >= 15 is 0 Å². The SMILES string of the molecule is COc1ncc(CN2CC[C@@H](n3cc(-c4cc(OCC(C)(C)O)cn5ncc(C#N)c45)cn3)C2)s1. The van der Waals surface area contributed by atoms with E-state index in [2.05, 4.69) is 26.2 Å². The Balaban J connectivity index is 1.38. The summed E-state index contributed by atoms with van der Waals surface area (Å²) in [7, 11) is 1.64. The van der Waals surface area contributed by atoms with Gasteiger partial charge in [0.2, 0.25) is 0 Å². The maximum Gasteiger partial charge on any atom is 0.273 e. The average Bonchev–Trinajstić information content (AvgIpc) is 3.63. The minimum absolute atomic E-state index is 0.132. The van der Waals surface area contributed by atoms with Gasteiger partial charge in [-0.2, -0.15) is 15.5 Å². The molecule has 1 aliphatic rings. The number of ether oxygens (including phenoxy) is 2. The Morgan fingerprint density at radius 3 is 2.86 bits per heavy atom. The number of fused-ring (bicyclic) bond motifs is 1. The molecular formula is C24H27N7O3S. The zero-order valence-corrected chi connectivity index (χ0v) is 20.7. The highest BCUT2D eigenvalue weighted by Gasteiger charge is 2.26. The third kappa shape index (κ3) is 5.00. The van der Waals surface area contributed by atoms with Crippen LogP contribution in [0.4, 0.5) is 0 Å². The molecule has 0 spiro atoms. The van der Waals surface area contributed by atoms with Crippen LogP contribution < -0.4 is 9.47 Å². The number of thiazole rings is 1. The van der Waals surface area contributed by atoms with Crippen LogP contribution in [0.2, 0.25) is 0 Å². The van der Waals surface area contributed by atoms with Gasteiger partial charge in [-0.05, 0) is 26.3 Å². The van der Waals surface area contributed by atoms with E-state index < -0.39 is 5.60 Å². The second-order valence-corrected chi connectivity index (χ2v) is 10.4. The van der Waals surface area contributed by atoms with Gasteiger partial charge in [-0.3, -0.25) is 9.58 Å². The molecule has 0 aliphatic carbocycles. The Bertz CT molecular complexity index is 1380. The first kappa shape index (κ1) is 23.3. The minimum atomic E-state index is -0.972. The quantitative estimate of drug-likeness (QED) is 0.398. The van der Waals surface area contributed by atoms with Gasteiger partial charge in [0, 0.05) is 48.0 Å². The zero-order valence-electron chi connectivity index (χ0n) is 19.9. The summed E-state index contributed by atoms with van der Waals surface area (Å²) >= 11 is 1.57. The molecule has 1 fully saturated rings. The number of aliphatic hydroxyl groups is 1. The van der Waals surface area contributed by atoms with Crippen LogP contribution >= 0.6 is 11.3 Å². The molecule has 11 heteroatoms. The van der Waals surface area contributed by atoms with Gasteiger partial charge in [0.25, 0.3) is 5.19 Å². The summed E-state index contributed by atoms with van der Waals surface area (Å²) in [6.07, 6.45) is 9.98. The fraction of sp³-hybridized carbons (Fsp3) is 0.417. The molecule has 4 aromatic rings. The molecular weight excluding hydrogens is 466 g/mol. The van der Waals surface area contributed by atoms with Crippen molar-refractivity contribution >= 4 is 16.9 Å². The molecule has 0 radical (unpaired) electrons. The number of hydrogen-bond donors (Lipinski definition) is 1. The van der Waals surface area contributed by atoms with Crippen molar-refractivity contribution in [2.24, 2.45) is 0 Å². The smallest absolute Gasteiger partial charge is 0.273 e.